The van der Waals surface area contributed by atoms with Crippen molar-refractivity contribution in [2.24, 2.45) is 0 Å². The van der Waals surface area contributed by atoms with Crippen LogP contribution in [0.5, 0.6) is 5.75 Å². The molecule has 0 heterocycles. The van der Waals surface area contributed by atoms with E-state index in [0.29, 0.717) is 12.2 Å². The van der Waals surface area contributed by atoms with Crippen LogP contribution in [0.2, 0.25) is 0 Å². The Kier molecular flexibility index (Phi) is 2.86. The molecule has 0 aromatic heterocycles. The van der Waals surface area contributed by atoms with Gasteiger partial charge in [0.2, 0.25) is 0 Å². The van der Waals surface area contributed by atoms with Crippen molar-refractivity contribution in [2.75, 3.05) is 6.61 Å². The van der Waals surface area contributed by atoms with E-state index < -0.39 is 0 Å². The second-order valence-corrected chi connectivity index (χ2v) is 2.43. The third-order valence-electron chi connectivity index (χ3n) is 1.53. The first kappa shape index (κ1) is 8.78. The summed E-state index contributed by atoms with van der Waals surface area (Å²) in [4.78, 5) is 10.9. The van der Waals surface area contributed by atoms with Crippen molar-refractivity contribution in [3.63, 3.8) is 0 Å². The van der Waals surface area contributed by atoms with Gasteiger partial charge < -0.3 is 4.74 Å². The van der Waals surface area contributed by atoms with Gasteiger partial charge >= 0.3 is 0 Å². The minimum atomic E-state index is 0.0659. The van der Waals surface area contributed by atoms with E-state index in [9.17, 15) is 4.79 Å². The van der Waals surface area contributed by atoms with E-state index in [1.807, 2.05) is 0 Å². The summed E-state index contributed by atoms with van der Waals surface area (Å²) in [6, 6.07) is 7.02. The highest BCUT2D eigenvalue weighted by atomic mass is 16.5. The molecule has 0 aliphatic rings. The molecule has 0 bridgehead atoms. The van der Waals surface area contributed by atoms with Gasteiger partial charge in [-0.3, -0.25) is 4.79 Å². The largest absolute Gasteiger partial charge is 0.494 e. The highest BCUT2D eigenvalue weighted by Crippen LogP contribution is 2.11. The highest BCUT2D eigenvalue weighted by Gasteiger charge is 1.97. The van der Waals surface area contributed by atoms with Crippen LogP contribution in [0.1, 0.15) is 17.3 Å². The van der Waals surface area contributed by atoms with Crippen molar-refractivity contribution >= 4 is 5.78 Å². The molecule has 1 radical (unpaired) electrons. The van der Waals surface area contributed by atoms with Gasteiger partial charge in [-0.2, -0.15) is 0 Å². The number of ketones is 1. The lowest BCUT2D eigenvalue weighted by Gasteiger charge is -2.02. The van der Waals surface area contributed by atoms with Crippen LogP contribution in [-0.2, 0) is 0 Å². The van der Waals surface area contributed by atoms with E-state index in [1.54, 1.807) is 24.3 Å². The van der Waals surface area contributed by atoms with Gasteiger partial charge in [0.15, 0.2) is 5.78 Å². The molecule has 0 aliphatic heterocycles. The molecule has 0 spiro atoms. The Balaban J connectivity index is 2.78. The second kappa shape index (κ2) is 3.90. The summed E-state index contributed by atoms with van der Waals surface area (Å²) in [5.41, 5.74) is 0.700. The molecule has 2 nitrogen and oxygen atoms in total. The van der Waals surface area contributed by atoms with Crippen LogP contribution in [0.4, 0.5) is 0 Å². The van der Waals surface area contributed by atoms with Crippen LogP contribution in [0.3, 0.4) is 0 Å². The quantitative estimate of drug-likeness (QED) is 0.638. The minimum Gasteiger partial charge on any atom is -0.494 e. The first-order valence-electron chi connectivity index (χ1n) is 3.77. The zero-order valence-corrected chi connectivity index (χ0v) is 7.04. The molecule has 0 amide bonds. The molecule has 0 aliphatic carbocycles. The fourth-order valence-electron chi connectivity index (χ4n) is 0.904. The summed E-state index contributed by atoms with van der Waals surface area (Å²) in [6.45, 7) is 5.49. The first-order valence-corrected chi connectivity index (χ1v) is 3.77. The number of hydrogen-bond acceptors (Lipinski definition) is 2. The zero-order chi connectivity index (χ0) is 8.97. The van der Waals surface area contributed by atoms with Crippen molar-refractivity contribution in [3.05, 3.63) is 36.8 Å². The molecule has 0 fully saturated rings. The molecule has 1 rings (SSSR count). The molecule has 1 aromatic carbocycles. The van der Waals surface area contributed by atoms with Gasteiger partial charge in [0.05, 0.1) is 6.61 Å². The SMILES string of the molecule is [CH2]COc1ccc(C(C)=O)cc1. The molecule has 2 heteroatoms. The van der Waals surface area contributed by atoms with Gasteiger partial charge in [-0.1, -0.05) is 0 Å². The third-order valence-corrected chi connectivity index (χ3v) is 1.53. The van der Waals surface area contributed by atoms with Gasteiger partial charge in [0, 0.05) is 5.56 Å². The van der Waals surface area contributed by atoms with Crippen LogP contribution >= 0.6 is 0 Å². The molecule has 0 saturated carbocycles. The number of benzene rings is 1. The van der Waals surface area contributed by atoms with E-state index >= 15 is 0 Å². The Morgan fingerprint density at radius 2 is 2.00 bits per heavy atom. The van der Waals surface area contributed by atoms with Gasteiger partial charge in [-0.15, -0.1) is 0 Å². The van der Waals surface area contributed by atoms with E-state index in [-0.39, 0.29) is 5.78 Å². The van der Waals surface area contributed by atoms with Crippen LogP contribution in [0.25, 0.3) is 0 Å². The van der Waals surface area contributed by atoms with Gasteiger partial charge in [0.1, 0.15) is 5.75 Å². The molecule has 12 heavy (non-hydrogen) atoms. The van der Waals surface area contributed by atoms with E-state index in [4.69, 9.17) is 4.74 Å². The molecular weight excluding hydrogens is 152 g/mol. The fraction of sp³-hybridized carbons (Fsp3) is 0.200. The summed E-state index contributed by atoms with van der Waals surface area (Å²) in [5, 5.41) is 0. The van der Waals surface area contributed by atoms with Crippen molar-refractivity contribution in [1.29, 1.82) is 0 Å². The number of ether oxygens (including phenoxy) is 1. The number of hydrogen-bond donors (Lipinski definition) is 0. The zero-order valence-electron chi connectivity index (χ0n) is 7.04. The maximum absolute atomic E-state index is 10.9. The Morgan fingerprint density at radius 3 is 2.42 bits per heavy atom. The number of Topliss-reactive ketones (excluding diaryl/α,β-unsaturated/α-hetero) is 1. The molecule has 1 aromatic rings. The van der Waals surface area contributed by atoms with Crippen molar-refractivity contribution in [3.8, 4) is 5.75 Å². The number of rotatable bonds is 3. The topological polar surface area (TPSA) is 26.3 Å². The molecule has 0 saturated heterocycles. The van der Waals surface area contributed by atoms with E-state index in [2.05, 4.69) is 6.92 Å². The minimum absolute atomic E-state index is 0.0659. The predicted octanol–water partition coefficient (Wildman–Crippen LogP) is 2.10. The summed E-state index contributed by atoms with van der Waals surface area (Å²) in [6.07, 6.45) is 0. The molecule has 0 unspecified atom stereocenters. The maximum Gasteiger partial charge on any atom is 0.159 e. The first-order chi connectivity index (χ1) is 5.74. The fourth-order valence-corrected chi connectivity index (χ4v) is 0.904. The molecule has 0 atom stereocenters. The van der Waals surface area contributed by atoms with Crippen molar-refractivity contribution in [2.45, 2.75) is 6.92 Å². The highest BCUT2D eigenvalue weighted by molar-refractivity contribution is 5.94. The lowest BCUT2D eigenvalue weighted by molar-refractivity contribution is 0.101. The van der Waals surface area contributed by atoms with E-state index in [0.717, 1.165) is 5.75 Å². The second-order valence-electron chi connectivity index (χ2n) is 2.43. The molecular formula is C10H11O2. The normalized spacial score (nSPS) is 9.50. The number of carbonyl (C=O) groups excluding carboxylic acids is 1. The van der Waals surface area contributed by atoms with Crippen LogP contribution in [0, 0.1) is 6.92 Å². The average Bonchev–Trinajstić information content (AvgIpc) is 2.06. The van der Waals surface area contributed by atoms with Gasteiger partial charge in [-0.05, 0) is 38.1 Å². The van der Waals surface area contributed by atoms with Crippen molar-refractivity contribution in [1.82, 2.24) is 0 Å². The maximum atomic E-state index is 10.9. The van der Waals surface area contributed by atoms with Crippen LogP contribution in [-0.4, -0.2) is 12.4 Å². The Labute approximate surface area is 72.2 Å². The number of carbonyl (C=O) groups is 1. The molecule has 0 N–H and O–H groups in total. The summed E-state index contributed by atoms with van der Waals surface area (Å²) in [5.74, 6) is 0.811. The lowest BCUT2D eigenvalue weighted by atomic mass is 10.1. The van der Waals surface area contributed by atoms with Gasteiger partial charge in [-0.25, -0.2) is 0 Å². The third kappa shape index (κ3) is 2.09. The summed E-state index contributed by atoms with van der Waals surface area (Å²) < 4.78 is 5.12. The average molecular weight is 163 g/mol. The van der Waals surface area contributed by atoms with E-state index in [1.165, 1.54) is 6.92 Å². The molecule has 63 valence electrons. The van der Waals surface area contributed by atoms with Crippen molar-refractivity contribution < 1.29 is 9.53 Å². The predicted molar refractivity (Wildman–Crippen MR) is 47.3 cm³/mol. The van der Waals surface area contributed by atoms with Crippen LogP contribution < -0.4 is 4.74 Å². The Morgan fingerprint density at radius 1 is 1.42 bits per heavy atom. The smallest absolute Gasteiger partial charge is 0.159 e. The Bertz CT molecular complexity index is 262. The summed E-state index contributed by atoms with van der Waals surface area (Å²) >= 11 is 0. The standard InChI is InChI=1S/C10H11O2/c1-3-12-10-6-4-9(5-7-10)8(2)11/h4-7H,1,3H2,2H3. The monoisotopic (exact) mass is 163 g/mol. The van der Waals surface area contributed by atoms with Crippen LogP contribution in [0.15, 0.2) is 24.3 Å². The Hall–Kier alpha value is -1.31. The van der Waals surface area contributed by atoms with Gasteiger partial charge in [0.25, 0.3) is 0 Å². The summed E-state index contributed by atoms with van der Waals surface area (Å²) in [7, 11) is 0. The lowest BCUT2D eigenvalue weighted by Crippen LogP contribution is -1.94.